The van der Waals surface area contributed by atoms with E-state index in [0.717, 1.165) is 11.4 Å². The number of aryl methyl sites for hydroxylation is 1. The number of halogens is 1. The smallest absolute Gasteiger partial charge is 0.255 e. The minimum atomic E-state index is -0.384. The van der Waals surface area contributed by atoms with Crippen LogP contribution in [0.3, 0.4) is 0 Å². The van der Waals surface area contributed by atoms with E-state index in [4.69, 9.17) is 0 Å². The molecular weight excluding hydrogens is 303 g/mol. The largest absolute Gasteiger partial charge is 0.356 e. The Balaban J connectivity index is 1.67. The lowest BCUT2D eigenvalue weighted by Gasteiger charge is -2.09. The molecule has 120 valence electrons. The van der Waals surface area contributed by atoms with Crippen molar-refractivity contribution in [1.82, 2.24) is 0 Å². The monoisotopic (exact) mass is 320 g/mol. The summed E-state index contributed by atoms with van der Waals surface area (Å²) in [4.78, 5) is 12.2. The summed E-state index contributed by atoms with van der Waals surface area (Å²) >= 11 is 0. The van der Waals surface area contributed by atoms with Crippen LogP contribution in [0.2, 0.25) is 0 Å². The Kier molecular flexibility index (Phi) is 4.57. The number of carbonyl (C=O) groups excluding carboxylic acids is 1. The van der Waals surface area contributed by atoms with Crippen molar-refractivity contribution in [2.75, 3.05) is 10.6 Å². The van der Waals surface area contributed by atoms with Gasteiger partial charge in [-0.15, -0.1) is 0 Å². The molecule has 0 aliphatic rings. The van der Waals surface area contributed by atoms with Gasteiger partial charge in [-0.1, -0.05) is 24.3 Å². The molecule has 3 aromatic carbocycles. The second-order valence-electron chi connectivity index (χ2n) is 5.49. The van der Waals surface area contributed by atoms with Gasteiger partial charge in [0.15, 0.2) is 0 Å². The van der Waals surface area contributed by atoms with Crippen LogP contribution in [0.4, 0.5) is 21.5 Å². The fourth-order valence-electron chi connectivity index (χ4n) is 2.26. The van der Waals surface area contributed by atoms with Gasteiger partial charge >= 0.3 is 0 Å². The molecule has 24 heavy (non-hydrogen) atoms. The topological polar surface area (TPSA) is 41.1 Å². The summed E-state index contributed by atoms with van der Waals surface area (Å²) in [5.41, 5.74) is 3.37. The summed E-state index contributed by atoms with van der Waals surface area (Å²) in [6, 6.07) is 21.6. The lowest BCUT2D eigenvalue weighted by molar-refractivity contribution is 0.102. The Morgan fingerprint density at radius 3 is 2.12 bits per heavy atom. The summed E-state index contributed by atoms with van der Waals surface area (Å²) in [5, 5.41) is 6.03. The van der Waals surface area contributed by atoms with Gasteiger partial charge in [0.2, 0.25) is 0 Å². The number of amides is 1. The first-order chi connectivity index (χ1) is 11.6. The molecule has 3 aromatic rings. The quantitative estimate of drug-likeness (QED) is 0.699. The highest BCUT2D eigenvalue weighted by Gasteiger charge is 2.08. The van der Waals surface area contributed by atoms with Crippen molar-refractivity contribution in [3.63, 3.8) is 0 Å². The first kappa shape index (κ1) is 15.7. The normalized spacial score (nSPS) is 10.2. The number of para-hydroxylation sites is 1. The standard InChI is InChI=1S/C20H17FN2O/c1-14-7-8-15(13-19(14)21)20(24)23-18-11-9-17(10-12-18)22-16-5-3-2-4-6-16/h2-13,22H,1H3,(H,23,24). The molecule has 0 aromatic heterocycles. The Bertz CT molecular complexity index is 845. The molecule has 0 fully saturated rings. The summed E-state index contributed by atoms with van der Waals surface area (Å²) in [6.07, 6.45) is 0. The number of rotatable bonds is 4. The Morgan fingerprint density at radius 2 is 1.46 bits per heavy atom. The Labute approximate surface area is 140 Å². The van der Waals surface area contributed by atoms with Gasteiger partial charge in [-0.3, -0.25) is 4.79 Å². The molecule has 0 spiro atoms. The summed E-state index contributed by atoms with van der Waals surface area (Å²) < 4.78 is 13.5. The van der Waals surface area contributed by atoms with Crippen molar-refractivity contribution in [2.24, 2.45) is 0 Å². The zero-order valence-electron chi connectivity index (χ0n) is 13.2. The van der Waals surface area contributed by atoms with Crippen molar-refractivity contribution < 1.29 is 9.18 Å². The third-order valence-corrected chi connectivity index (χ3v) is 3.64. The van der Waals surface area contributed by atoms with E-state index in [1.165, 1.54) is 6.07 Å². The van der Waals surface area contributed by atoms with Crippen molar-refractivity contribution in [3.05, 3.63) is 89.7 Å². The third kappa shape index (κ3) is 3.79. The van der Waals surface area contributed by atoms with E-state index >= 15 is 0 Å². The maximum absolute atomic E-state index is 13.5. The van der Waals surface area contributed by atoms with Crippen LogP contribution in [0.25, 0.3) is 0 Å². The highest BCUT2D eigenvalue weighted by Crippen LogP contribution is 2.19. The second kappa shape index (κ2) is 6.96. The number of hydrogen-bond acceptors (Lipinski definition) is 2. The van der Waals surface area contributed by atoms with Crippen molar-refractivity contribution in [1.29, 1.82) is 0 Å². The van der Waals surface area contributed by atoms with E-state index in [2.05, 4.69) is 10.6 Å². The predicted octanol–water partition coefficient (Wildman–Crippen LogP) is 5.13. The van der Waals surface area contributed by atoms with Gasteiger partial charge in [-0.05, 0) is 61.0 Å². The molecule has 0 heterocycles. The zero-order valence-corrected chi connectivity index (χ0v) is 13.2. The van der Waals surface area contributed by atoms with Crippen LogP contribution in [-0.2, 0) is 0 Å². The van der Waals surface area contributed by atoms with Crippen LogP contribution in [0.15, 0.2) is 72.8 Å². The van der Waals surface area contributed by atoms with Crippen LogP contribution in [0.1, 0.15) is 15.9 Å². The number of hydrogen-bond donors (Lipinski definition) is 2. The van der Waals surface area contributed by atoms with E-state index in [1.807, 2.05) is 42.5 Å². The molecule has 3 rings (SSSR count). The number of nitrogens with one attached hydrogen (secondary N) is 2. The predicted molar refractivity (Wildman–Crippen MR) is 95.3 cm³/mol. The fraction of sp³-hybridized carbons (Fsp3) is 0.0500. The average Bonchev–Trinajstić information content (AvgIpc) is 2.60. The minimum absolute atomic E-state index is 0.296. The Morgan fingerprint density at radius 1 is 0.833 bits per heavy atom. The molecule has 0 radical (unpaired) electrons. The van der Waals surface area contributed by atoms with E-state index in [1.54, 1.807) is 31.2 Å². The molecule has 0 unspecified atom stereocenters. The van der Waals surface area contributed by atoms with E-state index in [9.17, 15) is 9.18 Å². The molecule has 0 saturated heterocycles. The van der Waals surface area contributed by atoms with Gasteiger partial charge in [0.05, 0.1) is 0 Å². The number of benzene rings is 3. The van der Waals surface area contributed by atoms with Gasteiger partial charge in [0, 0.05) is 22.6 Å². The van der Waals surface area contributed by atoms with Crippen LogP contribution >= 0.6 is 0 Å². The van der Waals surface area contributed by atoms with Crippen LogP contribution in [0, 0.1) is 12.7 Å². The van der Waals surface area contributed by atoms with Crippen LogP contribution in [0.5, 0.6) is 0 Å². The molecule has 0 aliphatic heterocycles. The maximum atomic E-state index is 13.5. The van der Waals surface area contributed by atoms with Crippen molar-refractivity contribution in [3.8, 4) is 0 Å². The van der Waals surface area contributed by atoms with E-state index in [0.29, 0.717) is 16.8 Å². The summed E-state index contributed by atoms with van der Waals surface area (Å²) in [5.74, 6) is -0.720. The average molecular weight is 320 g/mol. The number of anilines is 3. The van der Waals surface area contributed by atoms with Crippen molar-refractivity contribution >= 4 is 23.0 Å². The van der Waals surface area contributed by atoms with Gasteiger partial charge in [-0.2, -0.15) is 0 Å². The first-order valence-corrected chi connectivity index (χ1v) is 7.61. The lowest BCUT2D eigenvalue weighted by atomic mass is 10.1. The van der Waals surface area contributed by atoms with E-state index in [-0.39, 0.29) is 11.7 Å². The van der Waals surface area contributed by atoms with Gasteiger partial charge in [0.25, 0.3) is 5.91 Å². The molecule has 1 amide bonds. The van der Waals surface area contributed by atoms with Crippen LogP contribution in [-0.4, -0.2) is 5.91 Å². The maximum Gasteiger partial charge on any atom is 0.255 e. The lowest BCUT2D eigenvalue weighted by Crippen LogP contribution is -2.12. The number of carbonyl (C=O) groups is 1. The Hall–Kier alpha value is -3.14. The third-order valence-electron chi connectivity index (χ3n) is 3.64. The van der Waals surface area contributed by atoms with Gasteiger partial charge in [0.1, 0.15) is 5.82 Å². The second-order valence-corrected chi connectivity index (χ2v) is 5.49. The zero-order chi connectivity index (χ0) is 16.9. The molecule has 0 atom stereocenters. The van der Waals surface area contributed by atoms with Crippen molar-refractivity contribution in [2.45, 2.75) is 6.92 Å². The SMILES string of the molecule is Cc1ccc(C(=O)Nc2ccc(Nc3ccccc3)cc2)cc1F. The molecular formula is C20H17FN2O. The van der Waals surface area contributed by atoms with Crippen LogP contribution < -0.4 is 10.6 Å². The van der Waals surface area contributed by atoms with E-state index < -0.39 is 0 Å². The van der Waals surface area contributed by atoms with Gasteiger partial charge in [-0.25, -0.2) is 4.39 Å². The summed E-state index contributed by atoms with van der Waals surface area (Å²) in [6.45, 7) is 1.66. The molecule has 0 bridgehead atoms. The highest BCUT2D eigenvalue weighted by molar-refractivity contribution is 6.04. The molecule has 0 saturated carbocycles. The fourth-order valence-corrected chi connectivity index (χ4v) is 2.26. The molecule has 0 aliphatic carbocycles. The minimum Gasteiger partial charge on any atom is -0.356 e. The molecule has 3 nitrogen and oxygen atoms in total. The summed E-state index contributed by atoms with van der Waals surface area (Å²) in [7, 11) is 0. The highest BCUT2D eigenvalue weighted by atomic mass is 19.1. The van der Waals surface area contributed by atoms with Gasteiger partial charge < -0.3 is 10.6 Å². The first-order valence-electron chi connectivity index (χ1n) is 7.61. The molecule has 4 heteroatoms. The molecule has 2 N–H and O–H groups in total.